The van der Waals surface area contributed by atoms with Gasteiger partial charge in [-0.25, -0.2) is 4.79 Å². The molecule has 1 fully saturated rings. The van der Waals surface area contributed by atoms with Crippen molar-refractivity contribution in [3.8, 4) is 5.75 Å². The minimum absolute atomic E-state index is 0.0705. The molecular weight excluding hydrogens is 422 g/mol. The van der Waals surface area contributed by atoms with Crippen LogP contribution in [0.25, 0.3) is 0 Å². The standard InChI is InChI=1S/C17H22BrN3O6/c1-17(2,3)27-16(23)20-8-6-19(7-9-20)15(22)11-26-14-5-4-12(21(24)25)10-13(14)18/h4-5,10H,6-9,11H2,1-3H3. The SMILES string of the molecule is CC(C)(C)OC(=O)N1CCN(C(=O)COc2ccc([N+](=O)[O-])cc2Br)CC1. The van der Waals surface area contributed by atoms with Crippen molar-refractivity contribution in [1.29, 1.82) is 0 Å². The van der Waals surface area contributed by atoms with Crippen LogP contribution in [0.1, 0.15) is 20.8 Å². The first-order chi connectivity index (χ1) is 12.6. The number of ether oxygens (including phenoxy) is 2. The summed E-state index contributed by atoms with van der Waals surface area (Å²) in [5, 5.41) is 10.7. The number of benzene rings is 1. The molecule has 1 heterocycles. The molecule has 1 aromatic rings. The summed E-state index contributed by atoms with van der Waals surface area (Å²) in [6.07, 6.45) is -0.388. The number of carbonyl (C=O) groups is 2. The number of nitrogens with zero attached hydrogens (tertiary/aromatic N) is 3. The van der Waals surface area contributed by atoms with Gasteiger partial charge < -0.3 is 19.3 Å². The Morgan fingerprint density at radius 1 is 1.19 bits per heavy atom. The molecule has 1 saturated heterocycles. The van der Waals surface area contributed by atoms with Gasteiger partial charge in [0.15, 0.2) is 6.61 Å². The molecule has 0 saturated carbocycles. The van der Waals surface area contributed by atoms with Gasteiger partial charge >= 0.3 is 6.09 Å². The molecule has 2 rings (SSSR count). The molecule has 9 nitrogen and oxygen atoms in total. The Morgan fingerprint density at radius 3 is 2.30 bits per heavy atom. The van der Waals surface area contributed by atoms with Gasteiger partial charge in [-0.3, -0.25) is 14.9 Å². The van der Waals surface area contributed by atoms with E-state index in [-0.39, 0.29) is 24.3 Å². The molecule has 10 heteroatoms. The van der Waals surface area contributed by atoms with Crippen molar-refractivity contribution in [3.63, 3.8) is 0 Å². The Labute approximate surface area is 165 Å². The smallest absolute Gasteiger partial charge is 0.410 e. The molecular formula is C17H22BrN3O6. The number of nitro groups is 1. The number of nitro benzene ring substituents is 1. The maximum atomic E-state index is 12.3. The van der Waals surface area contributed by atoms with E-state index in [1.54, 1.807) is 30.6 Å². The summed E-state index contributed by atoms with van der Waals surface area (Å²) in [5.74, 6) is 0.130. The van der Waals surface area contributed by atoms with Crippen molar-refractivity contribution in [2.75, 3.05) is 32.8 Å². The Kier molecular flexibility index (Phi) is 6.63. The van der Waals surface area contributed by atoms with Crippen LogP contribution in [0.3, 0.4) is 0 Å². The number of rotatable bonds is 4. The molecule has 0 unspecified atom stereocenters. The van der Waals surface area contributed by atoms with Crippen molar-refractivity contribution in [3.05, 3.63) is 32.8 Å². The molecule has 148 valence electrons. The fourth-order valence-electron chi connectivity index (χ4n) is 2.42. The second-order valence-corrected chi connectivity index (χ2v) is 7.86. The minimum atomic E-state index is -0.560. The van der Waals surface area contributed by atoms with Gasteiger partial charge in [-0.2, -0.15) is 0 Å². The molecule has 0 spiro atoms. The molecule has 1 aliphatic rings. The van der Waals surface area contributed by atoms with Gasteiger partial charge in [0.2, 0.25) is 0 Å². The highest BCUT2D eigenvalue weighted by Gasteiger charge is 2.27. The number of hydrogen-bond donors (Lipinski definition) is 0. The lowest BCUT2D eigenvalue weighted by molar-refractivity contribution is -0.384. The molecule has 0 bridgehead atoms. The lowest BCUT2D eigenvalue weighted by Crippen LogP contribution is -2.52. The molecule has 1 aliphatic heterocycles. The summed E-state index contributed by atoms with van der Waals surface area (Å²) >= 11 is 3.20. The number of piperazine rings is 1. The van der Waals surface area contributed by atoms with Crippen LogP contribution in [-0.4, -0.2) is 65.1 Å². The summed E-state index contributed by atoms with van der Waals surface area (Å²) in [7, 11) is 0. The summed E-state index contributed by atoms with van der Waals surface area (Å²) in [6.45, 7) is 6.79. The van der Waals surface area contributed by atoms with E-state index in [4.69, 9.17) is 9.47 Å². The molecule has 0 atom stereocenters. The normalized spacial score (nSPS) is 14.7. The van der Waals surface area contributed by atoms with E-state index in [1.165, 1.54) is 18.2 Å². The van der Waals surface area contributed by atoms with Crippen molar-refractivity contribution in [1.82, 2.24) is 9.80 Å². The molecule has 0 N–H and O–H groups in total. The first-order valence-electron chi connectivity index (χ1n) is 8.39. The minimum Gasteiger partial charge on any atom is -0.483 e. The molecule has 2 amide bonds. The monoisotopic (exact) mass is 443 g/mol. The van der Waals surface area contributed by atoms with Crippen LogP contribution in [0.2, 0.25) is 0 Å². The molecule has 27 heavy (non-hydrogen) atoms. The van der Waals surface area contributed by atoms with Gasteiger partial charge in [-0.1, -0.05) is 0 Å². The third-order valence-corrected chi connectivity index (χ3v) is 4.38. The number of halogens is 1. The second-order valence-electron chi connectivity index (χ2n) is 7.01. The van der Waals surface area contributed by atoms with E-state index in [1.807, 2.05) is 0 Å². The highest BCUT2D eigenvalue weighted by atomic mass is 79.9. The van der Waals surface area contributed by atoms with E-state index in [9.17, 15) is 19.7 Å². The molecule has 1 aromatic carbocycles. The van der Waals surface area contributed by atoms with Crippen LogP contribution in [0.4, 0.5) is 10.5 Å². The number of hydrogen-bond acceptors (Lipinski definition) is 6. The molecule has 0 aromatic heterocycles. The van der Waals surface area contributed by atoms with E-state index in [0.29, 0.717) is 36.4 Å². The van der Waals surface area contributed by atoms with Gasteiger partial charge in [0.05, 0.1) is 9.40 Å². The molecule has 0 aliphatic carbocycles. The van der Waals surface area contributed by atoms with Gasteiger partial charge in [0.25, 0.3) is 11.6 Å². The van der Waals surface area contributed by atoms with Gasteiger partial charge in [-0.05, 0) is 42.8 Å². The van der Waals surface area contributed by atoms with Gasteiger partial charge in [0.1, 0.15) is 11.4 Å². The zero-order valence-electron chi connectivity index (χ0n) is 15.4. The van der Waals surface area contributed by atoms with Crippen LogP contribution in [0, 0.1) is 10.1 Å². The van der Waals surface area contributed by atoms with Crippen LogP contribution >= 0.6 is 15.9 Å². The van der Waals surface area contributed by atoms with Crippen molar-refractivity contribution in [2.24, 2.45) is 0 Å². The first kappa shape index (κ1) is 20.9. The number of amides is 2. The topological polar surface area (TPSA) is 102 Å². The molecule has 0 radical (unpaired) electrons. The van der Waals surface area contributed by atoms with Crippen molar-refractivity contribution in [2.45, 2.75) is 26.4 Å². The maximum absolute atomic E-state index is 12.3. The summed E-state index contributed by atoms with van der Waals surface area (Å²) in [4.78, 5) is 37.7. The van der Waals surface area contributed by atoms with Crippen molar-refractivity contribution < 1.29 is 24.0 Å². The third-order valence-electron chi connectivity index (χ3n) is 3.76. The van der Waals surface area contributed by atoms with Gasteiger partial charge in [0, 0.05) is 38.3 Å². The fourth-order valence-corrected chi connectivity index (χ4v) is 2.90. The number of non-ortho nitro benzene ring substituents is 1. The van der Waals surface area contributed by atoms with Crippen LogP contribution < -0.4 is 4.74 Å². The van der Waals surface area contributed by atoms with Gasteiger partial charge in [-0.15, -0.1) is 0 Å². The zero-order chi connectivity index (χ0) is 20.2. The lowest BCUT2D eigenvalue weighted by Gasteiger charge is -2.35. The average Bonchev–Trinajstić information content (AvgIpc) is 2.59. The summed E-state index contributed by atoms with van der Waals surface area (Å²) in [5.41, 5.74) is -0.630. The van der Waals surface area contributed by atoms with Crippen LogP contribution in [0.5, 0.6) is 5.75 Å². The summed E-state index contributed by atoms with van der Waals surface area (Å²) < 4.78 is 11.2. The first-order valence-corrected chi connectivity index (χ1v) is 9.18. The zero-order valence-corrected chi connectivity index (χ0v) is 17.0. The Morgan fingerprint density at radius 2 is 1.78 bits per heavy atom. The Bertz CT molecular complexity index is 726. The predicted molar refractivity (Wildman–Crippen MR) is 101 cm³/mol. The second kappa shape index (κ2) is 8.55. The van der Waals surface area contributed by atoms with Crippen LogP contribution in [-0.2, 0) is 9.53 Å². The van der Waals surface area contributed by atoms with Crippen molar-refractivity contribution >= 4 is 33.6 Å². The predicted octanol–water partition coefficient (Wildman–Crippen LogP) is 2.82. The van der Waals surface area contributed by atoms with E-state index >= 15 is 0 Å². The highest BCUT2D eigenvalue weighted by molar-refractivity contribution is 9.10. The average molecular weight is 444 g/mol. The highest BCUT2D eigenvalue weighted by Crippen LogP contribution is 2.29. The Hall–Kier alpha value is -2.36. The lowest BCUT2D eigenvalue weighted by atomic mass is 10.2. The van der Waals surface area contributed by atoms with E-state index < -0.39 is 10.5 Å². The Balaban J connectivity index is 1.83. The maximum Gasteiger partial charge on any atom is 0.410 e. The third kappa shape index (κ3) is 6.09. The largest absolute Gasteiger partial charge is 0.483 e. The fraction of sp³-hybridized carbons (Fsp3) is 0.529. The van der Waals surface area contributed by atoms with Crippen LogP contribution in [0.15, 0.2) is 22.7 Å². The summed E-state index contributed by atoms with van der Waals surface area (Å²) in [6, 6.07) is 4.07. The van der Waals surface area contributed by atoms with E-state index in [0.717, 1.165) is 0 Å². The van der Waals surface area contributed by atoms with E-state index in [2.05, 4.69) is 15.9 Å². The quantitative estimate of drug-likeness (QED) is 0.523. The number of carbonyl (C=O) groups excluding carboxylic acids is 2.